The molecule has 8 heteroatoms. The van der Waals surface area contributed by atoms with Crippen molar-refractivity contribution in [2.75, 3.05) is 7.11 Å². The first-order valence-electron chi connectivity index (χ1n) is 8.66. The van der Waals surface area contributed by atoms with E-state index in [0.717, 1.165) is 15.9 Å². The Balaban J connectivity index is 2.16. The number of esters is 1. The van der Waals surface area contributed by atoms with Gasteiger partial charge in [-0.25, -0.2) is 4.79 Å². The van der Waals surface area contributed by atoms with Crippen LogP contribution < -0.4 is 4.80 Å². The Morgan fingerprint density at radius 1 is 1.36 bits per heavy atom. The largest absolute Gasteiger partial charge is 0.465 e. The number of aromatic nitrogens is 3. The second-order valence-corrected chi connectivity index (χ2v) is 7.48. The van der Waals surface area contributed by atoms with E-state index in [9.17, 15) is 9.59 Å². The number of thiazole rings is 1. The Morgan fingerprint density at radius 3 is 2.75 bits per heavy atom. The fourth-order valence-electron chi connectivity index (χ4n) is 2.86. The maximum Gasteiger partial charge on any atom is 0.337 e. The molecular weight excluding hydrogens is 376 g/mol. The van der Waals surface area contributed by atoms with Crippen molar-refractivity contribution in [1.82, 2.24) is 14.3 Å². The van der Waals surface area contributed by atoms with Gasteiger partial charge in [-0.05, 0) is 45.0 Å². The molecule has 3 aromatic rings. The lowest BCUT2D eigenvalue weighted by atomic mass is 10.2. The molecule has 0 spiro atoms. The SMILES string of the molecule is C#CCn1c(=NC(=O)c2cc(C)nn2C(C)C)sc2cc(C(=O)OC)ccc21. The number of ether oxygens (including phenoxy) is 1. The number of hydrogen-bond donors (Lipinski definition) is 0. The van der Waals surface area contributed by atoms with E-state index in [1.165, 1.54) is 18.4 Å². The van der Waals surface area contributed by atoms with Gasteiger partial charge in [0.2, 0.25) is 0 Å². The molecule has 0 unspecified atom stereocenters. The van der Waals surface area contributed by atoms with Gasteiger partial charge < -0.3 is 9.30 Å². The lowest BCUT2D eigenvalue weighted by Gasteiger charge is -2.07. The first-order chi connectivity index (χ1) is 13.3. The summed E-state index contributed by atoms with van der Waals surface area (Å²) in [6.45, 7) is 6.00. The Labute approximate surface area is 166 Å². The quantitative estimate of drug-likeness (QED) is 0.502. The topological polar surface area (TPSA) is 78.5 Å². The molecule has 0 radical (unpaired) electrons. The Morgan fingerprint density at radius 2 is 2.11 bits per heavy atom. The Hall–Kier alpha value is -3.18. The molecule has 7 nitrogen and oxygen atoms in total. The number of amides is 1. The van der Waals surface area contributed by atoms with E-state index in [0.29, 0.717) is 16.1 Å². The zero-order chi connectivity index (χ0) is 20.4. The zero-order valence-electron chi connectivity index (χ0n) is 16.1. The van der Waals surface area contributed by atoms with Gasteiger partial charge in [0.05, 0.1) is 35.1 Å². The number of carbonyl (C=O) groups is 2. The molecule has 0 saturated heterocycles. The van der Waals surface area contributed by atoms with E-state index in [-0.39, 0.29) is 18.5 Å². The number of rotatable bonds is 4. The van der Waals surface area contributed by atoms with Gasteiger partial charge in [0.15, 0.2) is 4.80 Å². The van der Waals surface area contributed by atoms with Crippen molar-refractivity contribution in [2.24, 2.45) is 4.99 Å². The average Bonchev–Trinajstić information content (AvgIpc) is 3.22. The van der Waals surface area contributed by atoms with Gasteiger partial charge in [-0.3, -0.25) is 9.48 Å². The van der Waals surface area contributed by atoms with Crippen LogP contribution in [0.1, 0.15) is 46.4 Å². The molecule has 0 atom stereocenters. The van der Waals surface area contributed by atoms with E-state index >= 15 is 0 Å². The van der Waals surface area contributed by atoms with Gasteiger partial charge in [0.25, 0.3) is 5.91 Å². The maximum atomic E-state index is 12.8. The summed E-state index contributed by atoms with van der Waals surface area (Å²) in [5.41, 5.74) is 2.40. The molecule has 3 rings (SSSR count). The van der Waals surface area contributed by atoms with Crippen molar-refractivity contribution in [3.63, 3.8) is 0 Å². The molecule has 0 aliphatic carbocycles. The maximum absolute atomic E-state index is 12.8. The van der Waals surface area contributed by atoms with Crippen LogP contribution in [-0.4, -0.2) is 33.3 Å². The van der Waals surface area contributed by atoms with Crippen LogP contribution in [0.25, 0.3) is 10.2 Å². The zero-order valence-corrected chi connectivity index (χ0v) is 16.9. The highest BCUT2D eigenvalue weighted by Gasteiger charge is 2.17. The van der Waals surface area contributed by atoms with Crippen LogP contribution in [0.4, 0.5) is 0 Å². The van der Waals surface area contributed by atoms with Crippen molar-refractivity contribution >= 4 is 33.4 Å². The normalized spacial score (nSPS) is 11.8. The highest BCUT2D eigenvalue weighted by atomic mass is 32.1. The summed E-state index contributed by atoms with van der Waals surface area (Å²) in [7, 11) is 1.33. The third kappa shape index (κ3) is 3.62. The summed E-state index contributed by atoms with van der Waals surface area (Å²) < 4.78 is 9.00. The molecule has 1 amide bonds. The molecular formula is C20H20N4O3S. The molecule has 0 saturated carbocycles. The number of fused-ring (bicyclic) bond motifs is 1. The number of methoxy groups -OCH3 is 1. The third-order valence-corrected chi connectivity index (χ3v) is 5.16. The summed E-state index contributed by atoms with van der Waals surface area (Å²) in [5, 5.41) is 4.36. The Bertz CT molecular complexity index is 1170. The number of terminal acetylenes is 1. The number of hydrogen-bond acceptors (Lipinski definition) is 5. The minimum absolute atomic E-state index is 0.0331. The predicted octanol–water partition coefficient (Wildman–Crippen LogP) is 2.95. The van der Waals surface area contributed by atoms with Crippen molar-refractivity contribution in [2.45, 2.75) is 33.4 Å². The fraction of sp³-hybridized carbons (Fsp3) is 0.300. The molecule has 0 N–H and O–H groups in total. The second-order valence-electron chi connectivity index (χ2n) is 6.48. The molecule has 1 aromatic carbocycles. The predicted molar refractivity (Wildman–Crippen MR) is 107 cm³/mol. The van der Waals surface area contributed by atoms with Gasteiger partial charge >= 0.3 is 5.97 Å². The molecule has 28 heavy (non-hydrogen) atoms. The summed E-state index contributed by atoms with van der Waals surface area (Å²) in [5.74, 6) is 1.77. The molecule has 144 valence electrons. The molecule has 0 bridgehead atoms. The van der Waals surface area contributed by atoms with E-state index in [1.54, 1.807) is 33.5 Å². The second kappa shape index (κ2) is 7.82. The van der Waals surface area contributed by atoms with Crippen molar-refractivity contribution in [3.8, 4) is 12.3 Å². The number of carbonyl (C=O) groups excluding carboxylic acids is 2. The average molecular weight is 396 g/mol. The molecule has 2 aromatic heterocycles. The highest BCUT2D eigenvalue weighted by Crippen LogP contribution is 2.20. The molecule has 2 heterocycles. The first-order valence-corrected chi connectivity index (χ1v) is 9.47. The van der Waals surface area contributed by atoms with Gasteiger partial charge in [-0.15, -0.1) is 6.42 Å². The minimum Gasteiger partial charge on any atom is -0.465 e. The fourth-order valence-corrected chi connectivity index (χ4v) is 3.93. The smallest absolute Gasteiger partial charge is 0.337 e. The summed E-state index contributed by atoms with van der Waals surface area (Å²) in [6, 6.07) is 6.91. The lowest BCUT2D eigenvalue weighted by molar-refractivity contribution is 0.0601. The monoisotopic (exact) mass is 396 g/mol. The minimum atomic E-state index is -0.426. The van der Waals surface area contributed by atoms with Crippen LogP contribution in [0.2, 0.25) is 0 Å². The Kier molecular flexibility index (Phi) is 5.47. The summed E-state index contributed by atoms with van der Waals surface area (Å²) in [6.07, 6.45) is 5.51. The first kappa shape index (κ1) is 19.6. The van der Waals surface area contributed by atoms with Crippen LogP contribution in [0.3, 0.4) is 0 Å². The standard InChI is InChI=1S/C20H20N4O3S/c1-6-9-23-15-8-7-14(19(26)27-5)11-17(15)28-20(23)21-18(25)16-10-13(4)22-24(16)12(2)3/h1,7-8,10-12H,9H2,2-5H3. The van der Waals surface area contributed by atoms with Crippen LogP contribution in [-0.2, 0) is 11.3 Å². The highest BCUT2D eigenvalue weighted by molar-refractivity contribution is 7.16. The van der Waals surface area contributed by atoms with Gasteiger partial charge in [-0.1, -0.05) is 17.3 Å². The van der Waals surface area contributed by atoms with Gasteiger partial charge in [-0.2, -0.15) is 10.1 Å². The summed E-state index contributed by atoms with van der Waals surface area (Å²) >= 11 is 1.29. The molecule has 0 aliphatic heterocycles. The van der Waals surface area contributed by atoms with E-state index in [4.69, 9.17) is 11.2 Å². The molecule has 0 fully saturated rings. The van der Waals surface area contributed by atoms with Gasteiger partial charge in [0.1, 0.15) is 5.69 Å². The third-order valence-electron chi connectivity index (χ3n) is 4.12. The lowest BCUT2D eigenvalue weighted by Crippen LogP contribution is -2.18. The van der Waals surface area contributed by atoms with Gasteiger partial charge in [0, 0.05) is 6.04 Å². The van der Waals surface area contributed by atoms with E-state index < -0.39 is 5.97 Å². The van der Waals surface area contributed by atoms with Crippen LogP contribution in [0, 0.1) is 19.3 Å². The number of nitrogens with zero attached hydrogens (tertiary/aromatic N) is 4. The van der Waals surface area contributed by atoms with Crippen molar-refractivity contribution < 1.29 is 14.3 Å². The van der Waals surface area contributed by atoms with Crippen LogP contribution in [0.5, 0.6) is 0 Å². The summed E-state index contributed by atoms with van der Waals surface area (Å²) in [4.78, 5) is 29.4. The van der Waals surface area contributed by atoms with E-state index in [2.05, 4.69) is 16.0 Å². The van der Waals surface area contributed by atoms with Crippen LogP contribution >= 0.6 is 11.3 Å². The van der Waals surface area contributed by atoms with Crippen molar-refractivity contribution in [1.29, 1.82) is 0 Å². The number of aryl methyl sites for hydroxylation is 1. The van der Waals surface area contributed by atoms with Crippen molar-refractivity contribution in [3.05, 3.63) is 46.0 Å². The van der Waals surface area contributed by atoms with Crippen LogP contribution in [0.15, 0.2) is 29.3 Å². The van der Waals surface area contributed by atoms with E-state index in [1.807, 2.05) is 20.8 Å². The molecule has 0 aliphatic rings. The number of benzene rings is 1.